The Bertz CT molecular complexity index is 286. The molecule has 3 heteroatoms. The number of aliphatic imine (C=N–C) groups is 1. The molecule has 1 rings (SSSR count). The molecular weight excluding hydrogens is 150 g/mol. The molecule has 0 unspecified atom stereocenters. The van der Waals surface area contributed by atoms with Crippen LogP contribution in [0.4, 0.5) is 0 Å². The molecule has 1 heterocycles. The summed E-state index contributed by atoms with van der Waals surface area (Å²) in [6.07, 6.45) is 7.28. The Hall–Kier alpha value is -1.38. The number of amidine groups is 1. The minimum atomic E-state index is -0.471. The Morgan fingerprint density at radius 2 is 2.25 bits per heavy atom. The summed E-state index contributed by atoms with van der Waals surface area (Å²) in [7, 11) is 0. The molecule has 0 spiro atoms. The normalized spacial score (nSPS) is 28.0. The van der Waals surface area contributed by atoms with Crippen LogP contribution in [0.3, 0.4) is 0 Å². The highest BCUT2D eigenvalue weighted by molar-refractivity contribution is 5.96. The smallest absolute Gasteiger partial charge is 0.104 e. The predicted molar refractivity (Wildman–Crippen MR) is 51.4 cm³/mol. The number of nitrogens with zero attached hydrogens (tertiary/aromatic N) is 1. The molecule has 0 saturated carbocycles. The van der Waals surface area contributed by atoms with Crippen molar-refractivity contribution < 1.29 is 0 Å². The molecule has 0 bridgehead atoms. The molecule has 12 heavy (non-hydrogen) atoms. The van der Waals surface area contributed by atoms with Crippen molar-refractivity contribution in [1.29, 1.82) is 5.41 Å². The highest BCUT2D eigenvalue weighted by Crippen LogP contribution is 2.21. The molecule has 1 atom stereocenters. The molecule has 0 fully saturated rings. The van der Waals surface area contributed by atoms with E-state index in [0.29, 0.717) is 0 Å². The van der Waals surface area contributed by atoms with Gasteiger partial charge in [-0.3, -0.25) is 10.4 Å². The Kier molecular flexibility index (Phi) is 2.13. The highest BCUT2D eigenvalue weighted by Gasteiger charge is 2.21. The van der Waals surface area contributed by atoms with E-state index in [-0.39, 0.29) is 5.84 Å². The average Bonchev–Trinajstić information content (AvgIpc) is 2.15. The van der Waals surface area contributed by atoms with Crippen LogP contribution in [0.1, 0.15) is 13.8 Å². The molecule has 1 aliphatic rings. The van der Waals surface area contributed by atoms with Gasteiger partial charge in [0.25, 0.3) is 0 Å². The first-order valence-corrected chi connectivity index (χ1v) is 3.80. The lowest BCUT2D eigenvalue weighted by Crippen LogP contribution is -2.29. The molecule has 0 aromatic rings. The third kappa shape index (κ3) is 1.61. The lowest BCUT2D eigenvalue weighted by Gasteiger charge is -2.18. The van der Waals surface area contributed by atoms with Gasteiger partial charge in [-0.15, -0.1) is 0 Å². The van der Waals surface area contributed by atoms with E-state index in [9.17, 15) is 0 Å². The maximum absolute atomic E-state index is 7.37. The Labute approximate surface area is 72.2 Å². The second kappa shape index (κ2) is 2.93. The summed E-state index contributed by atoms with van der Waals surface area (Å²) in [4.78, 5) is 4.10. The number of hydrogen-bond acceptors (Lipinski definition) is 2. The zero-order chi connectivity index (χ0) is 9.19. The number of allylic oxidation sites excluding steroid dienone is 1. The quantitative estimate of drug-likeness (QED) is 0.446. The Morgan fingerprint density at radius 1 is 1.58 bits per heavy atom. The summed E-state index contributed by atoms with van der Waals surface area (Å²) in [5.41, 5.74) is 5.90. The molecule has 0 amide bonds. The molecule has 3 nitrogen and oxygen atoms in total. The van der Waals surface area contributed by atoms with E-state index >= 15 is 0 Å². The standard InChI is InChI=1S/C9H13N3/c1-7-3-4-9(2,8(10)11)5-6-12-7/h3-6H,1-2H3,(H3,10,11)/t9-/m0/s1. The van der Waals surface area contributed by atoms with Crippen LogP contribution >= 0.6 is 0 Å². The molecule has 3 N–H and O–H groups in total. The van der Waals surface area contributed by atoms with Gasteiger partial charge in [0.1, 0.15) is 5.84 Å². The lowest BCUT2D eigenvalue weighted by atomic mass is 9.89. The van der Waals surface area contributed by atoms with Crippen LogP contribution in [-0.2, 0) is 0 Å². The van der Waals surface area contributed by atoms with Crippen LogP contribution in [0.2, 0.25) is 0 Å². The zero-order valence-electron chi connectivity index (χ0n) is 7.33. The third-order valence-corrected chi connectivity index (χ3v) is 1.95. The number of rotatable bonds is 1. The minimum absolute atomic E-state index is 0.139. The van der Waals surface area contributed by atoms with Gasteiger partial charge in [0.15, 0.2) is 0 Å². The van der Waals surface area contributed by atoms with Gasteiger partial charge in [-0.1, -0.05) is 6.08 Å². The summed E-state index contributed by atoms with van der Waals surface area (Å²) in [6, 6.07) is 0. The van der Waals surface area contributed by atoms with Crippen LogP contribution in [0.15, 0.2) is 29.4 Å². The second-order valence-corrected chi connectivity index (χ2v) is 3.12. The van der Waals surface area contributed by atoms with E-state index in [2.05, 4.69) is 4.99 Å². The van der Waals surface area contributed by atoms with Gasteiger partial charge >= 0.3 is 0 Å². The summed E-state index contributed by atoms with van der Waals surface area (Å²) in [5.74, 6) is 0.139. The molecule has 64 valence electrons. The van der Waals surface area contributed by atoms with Crippen molar-refractivity contribution in [1.82, 2.24) is 0 Å². The van der Waals surface area contributed by atoms with E-state index in [1.165, 1.54) is 0 Å². The first-order chi connectivity index (χ1) is 5.54. The Morgan fingerprint density at radius 3 is 2.83 bits per heavy atom. The topological polar surface area (TPSA) is 62.2 Å². The SMILES string of the molecule is CC1=NC=C[C@@](C)(C(=N)N)C=C1. The molecule has 0 saturated heterocycles. The van der Waals surface area contributed by atoms with Crippen molar-refractivity contribution in [2.75, 3.05) is 0 Å². The van der Waals surface area contributed by atoms with Gasteiger partial charge in [0, 0.05) is 11.9 Å². The number of nitrogens with two attached hydrogens (primary N) is 1. The third-order valence-electron chi connectivity index (χ3n) is 1.95. The summed E-state index contributed by atoms with van der Waals surface area (Å²) < 4.78 is 0. The molecule has 0 aliphatic carbocycles. The summed E-state index contributed by atoms with van der Waals surface area (Å²) in [6.45, 7) is 3.79. The highest BCUT2D eigenvalue weighted by atomic mass is 14.8. The van der Waals surface area contributed by atoms with Crippen molar-refractivity contribution in [2.45, 2.75) is 13.8 Å². The van der Waals surface area contributed by atoms with E-state index in [0.717, 1.165) is 5.71 Å². The van der Waals surface area contributed by atoms with Gasteiger partial charge in [-0.05, 0) is 26.0 Å². The average molecular weight is 163 g/mol. The van der Waals surface area contributed by atoms with Crippen molar-refractivity contribution in [2.24, 2.45) is 16.1 Å². The first kappa shape index (κ1) is 8.71. The summed E-state index contributed by atoms with van der Waals surface area (Å²) >= 11 is 0. The zero-order valence-corrected chi connectivity index (χ0v) is 7.33. The molecule has 0 aromatic carbocycles. The number of hydrogen-bond donors (Lipinski definition) is 2. The molecule has 0 aromatic heterocycles. The van der Waals surface area contributed by atoms with Crippen molar-refractivity contribution in [3.8, 4) is 0 Å². The van der Waals surface area contributed by atoms with Gasteiger partial charge in [-0.25, -0.2) is 0 Å². The Balaban J connectivity index is 3.00. The monoisotopic (exact) mass is 163 g/mol. The van der Waals surface area contributed by atoms with Crippen LogP contribution in [0, 0.1) is 10.8 Å². The molecule has 0 radical (unpaired) electrons. The first-order valence-electron chi connectivity index (χ1n) is 3.80. The fraction of sp³-hybridized carbons (Fsp3) is 0.333. The van der Waals surface area contributed by atoms with E-state index in [1.807, 2.05) is 32.1 Å². The van der Waals surface area contributed by atoms with Crippen molar-refractivity contribution in [3.63, 3.8) is 0 Å². The predicted octanol–water partition coefficient (Wildman–Crippen LogP) is 1.47. The minimum Gasteiger partial charge on any atom is -0.387 e. The fourth-order valence-electron chi connectivity index (χ4n) is 0.882. The van der Waals surface area contributed by atoms with Crippen LogP contribution in [0.5, 0.6) is 0 Å². The second-order valence-electron chi connectivity index (χ2n) is 3.12. The molecular formula is C9H13N3. The van der Waals surface area contributed by atoms with Gasteiger partial charge < -0.3 is 5.73 Å². The van der Waals surface area contributed by atoms with Gasteiger partial charge in [-0.2, -0.15) is 0 Å². The van der Waals surface area contributed by atoms with E-state index in [4.69, 9.17) is 11.1 Å². The molecule has 1 aliphatic heterocycles. The maximum Gasteiger partial charge on any atom is 0.104 e. The van der Waals surface area contributed by atoms with Crippen molar-refractivity contribution >= 4 is 11.5 Å². The van der Waals surface area contributed by atoms with Crippen LogP contribution in [-0.4, -0.2) is 11.5 Å². The summed E-state index contributed by atoms with van der Waals surface area (Å²) in [5, 5.41) is 7.37. The van der Waals surface area contributed by atoms with E-state index in [1.54, 1.807) is 6.20 Å². The van der Waals surface area contributed by atoms with Crippen LogP contribution < -0.4 is 5.73 Å². The lowest BCUT2D eigenvalue weighted by molar-refractivity contribution is 0.755. The van der Waals surface area contributed by atoms with E-state index < -0.39 is 5.41 Å². The van der Waals surface area contributed by atoms with Crippen molar-refractivity contribution in [3.05, 3.63) is 24.4 Å². The number of nitrogens with one attached hydrogen (secondary N) is 1. The van der Waals surface area contributed by atoms with Gasteiger partial charge in [0.05, 0.1) is 5.41 Å². The van der Waals surface area contributed by atoms with Crippen LogP contribution in [0.25, 0.3) is 0 Å². The maximum atomic E-state index is 7.37. The van der Waals surface area contributed by atoms with Gasteiger partial charge in [0.2, 0.25) is 0 Å². The largest absolute Gasteiger partial charge is 0.387 e. The fourth-order valence-corrected chi connectivity index (χ4v) is 0.882.